The fourth-order valence-electron chi connectivity index (χ4n) is 3.29. The van der Waals surface area contributed by atoms with Crippen LogP contribution in [0.1, 0.15) is 30.0 Å². The van der Waals surface area contributed by atoms with Crippen LogP contribution < -0.4 is 10.6 Å². The van der Waals surface area contributed by atoms with Crippen LogP contribution in [-0.2, 0) is 28.0 Å². The lowest BCUT2D eigenvalue weighted by Gasteiger charge is -2.24. The van der Waals surface area contributed by atoms with Crippen molar-refractivity contribution < 1.29 is 14.7 Å². The van der Waals surface area contributed by atoms with Crippen molar-refractivity contribution in [3.63, 3.8) is 0 Å². The molecule has 0 saturated carbocycles. The highest BCUT2D eigenvalue weighted by Gasteiger charge is 2.37. The molecule has 0 aromatic heterocycles. The maximum absolute atomic E-state index is 12.1. The number of aryl methyl sites for hydroxylation is 2. The molecule has 0 fully saturated rings. The molecule has 2 amide bonds. The Labute approximate surface area is 147 Å². The summed E-state index contributed by atoms with van der Waals surface area (Å²) >= 11 is 0. The molecule has 1 atom stereocenters. The summed E-state index contributed by atoms with van der Waals surface area (Å²) in [6, 6.07) is 15.0. The topological polar surface area (TPSA) is 78.4 Å². The average Bonchev–Trinajstić information content (AvgIpc) is 2.98. The standard InChI is InChI=1S/C20H22N2O3/c1-2-14-7-4-6-10-17(14)22-19(24)18(23)21-13-20(25)12-11-15-8-3-5-9-16(15)20/h3-10,25H,2,11-13H2,1H3,(H,21,23)(H,22,24). The van der Waals surface area contributed by atoms with Crippen LogP contribution in [0.5, 0.6) is 0 Å². The number of anilines is 1. The Balaban J connectivity index is 1.62. The third-order valence-corrected chi connectivity index (χ3v) is 4.72. The van der Waals surface area contributed by atoms with Crippen molar-refractivity contribution in [3.8, 4) is 0 Å². The second kappa shape index (κ2) is 7.07. The van der Waals surface area contributed by atoms with E-state index in [1.807, 2.05) is 49.4 Å². The maximum Gasteiger partial charge on any atom is 0.313 e. The molecule has 3 N–H and O–H groups in total. The molecule has 5 heteroatoms. The highest BCUT2D eigenvalue weighted by molar-refractivity contribution is 6.39. The molecular formula is C20H22N2O3. The molecular weight excluding hydrogens is 316 g/mol. The first-order valence-electron chi connectivity index (χ1n) is 8.51. The van der Waals surface area contributed by atoms with Crippen molar-refractivity contribution >= 4 is 17.5 Å². The Morgan fingerprint density at radius 3 is 2.60 bits per heavy atom. The van der Waals surface area contributed by atoms with Gasteiger partial charge in [-0.15, -0.1) is 0 Å². The molecule has 0 bridgehead atoms. The van der Waals surface area contributed by atoms with Gasteiger partial charge in [0.15, 0.2) is 0 Å². The van der Waals surface area contributed by atoms with Gasteiger partial charge in [-0.2, -0.15) is 0 Å². The molecule has 1 aliphatic carbocycles. The molecule has 3 rings (SSSR count). The van der Waals surface area contributed by atoms with E-state index in [9.17, 15) is 14.7 Å². The lowest BCUT2D eigenvalue weighted by molar-refractivity contribution is -0.136. The summed E-state index contributed by atoms with van der Waals surface area (Å²) in [5.74, 6) is -1.47. The van der Waals surface area contributed by atoms with Gasteiger partial charge in [-0.1, -0.05) is 49.4 Å². The fourth-order valence-corrected chi connectivity index (χ4v) is 3.29. The molecule has 0 radical (unpaired) electrons. The van der Waals surface area contributed by atoms with Gasteiger partial charge in [0, 0.05) is 5.69 Å². The quantitative estimate of drug-likeness (QED) is 0.748. The van der Waals surface area contributed by atoms with E-state index in [4.69, 9.17) is 0 Å². The van der Waals surface area contributed by atoms with Gasteiger partial charge in [-0.25, -0.2) is 0 Å². The average molecular weight is 338 g/mol. The van der Waals surface area contributed by atoms with E-state index in [1.165, 1.54) is 0 Å². The molecule has 0 saturated heterocycles. The van der Waals surface area contributed by atoms with Gasteiger partial charge in [0.1, 0.15) is 5.60 Å². The van der Waals surface area contributed by atoms with E-state index in [1.54, 1.807) is 6.07 Å². The number of aliphatic hydroxyl groups is 1. The minimum absolute atomic E-state index is 0.0195. The third kappa shape index (κ3) is 3.56. The Hall–Kier alpha value is -2.66. The molecule has 25 heavy (non-hydrogen) atoms. The van der Waals surface area contributed by atoms with Crippen LogP contribution >= 0.6 is 0 Å². The first-order valence-corrected chi connectivity index (χ1v) is 8.51. The zero-order valence-electron chi connectivity index (χ0n) is 14.2. The Kier molecular flexibility index (Phi) is 4.86. The first-order chi connectivity index (χ1) is 12.0. The monoisotopic (exact) mass is 338 g/mol. The van der Waals surface area contributed by atoms with E-state index in [-0.39, 0.29) is 6.54 Å². The van der Waals surface area contributed by atoms with Crippen LogP contribution in [0.15, 0.2) is 48.5 Å². The fraction of sp³-hybridized carbons (Fsp3) is 0.300. The van der Waals surface area contributed by atoms with Gasteiger partial charge in [-0.3, -0.25) is 9.59 Å². The number of carbonyl (C=O) groups excluding carboxylic acids is 2. The van der Waals surface area contributed by atoms with Gasteiger partial charge in [0.2, 0.25) is 0 Å². The van der Waals surface area contributed by atoms with Gasteiger partial charge in [-0.05, 0) is 42.0 Å². The molecule has 5 nitrogen and oxygen atoms in total. The highest BCUT2D eigenvalue weighted by Crippen LogP contribution is 2.36. The summed E-state index contributed by atoms with van der Waals surface area (Å²) in [7, 11) is 0. The Morgan fingerprint density at radius 2 is 1.80 bits per heavy atom. The zero-order chi connectivity index (χ0) is 17.9. The summed E-state index contributed by atoms with van der Waals surface area (Å²) < 4.78 is 0. The van der Waals surface area contributed by atoms with Crippen molar-refractivity contribution in [1.29, 1.82) is 0 Å². The van der Waals surface area contributed by atoms with E-state index >= 15 is 0 Å². The van der Waals surface area contributed by atoms with Crippen LogP contribution in [0.2, 0.25) is 0 Å². The minimum atomic E-state index is -1.12. The minimum Gasteiger partial charge on any atom is -0.383 e. The van der Waals surface area contributed by atoms with Gasteiger partial charge in [0.05, 0.1) is 6.54 Å². The molecule has 0 heterocycles. The van der Waals surface area contributed by atoms with Crippen LogP contribution in [0.3, 0.4) is 0 Å². The molecule has 1 unspecified atom stereocenters. The van der Waals surface area contributed by atoms with Crippen LogP contribution in [0, 0.1) is 0 Å². The summed E-state index contributed by atoms with van der Waals surface area (Å²) in [6.45, 7) is 2.00. The van der Waals surface area contributed by atoms with E-state index in [0.717, 1.165) is 29.5 Å². The lowest BCUT2D eigenvalue weighted by atomic mass is 9.96. The summed E-state index contributed by atoms with van der Waals surface area (Å²) in [5.41, 5.74) is 2.39. The third-order valence-electron chi connectivity index (χ3n) is 4.72. The van der Waals surface area contributed by atoms with Crippen LogP contribution in [-0.4, -0.2) is 23.5 Å². The summed E-state index contributed by atoms with van der Waals surface area (Å²) in [4.78, 5) is 24.3. The number of hydrogen-bond acceptors (Lipinski definition) is 3. The van der Waals surface area contributed by atoms with Crippen LogP contribution in [0.4, 0.5) is 5.69 Å². The summed E-state index contributed by atoms with van der Waals surface area (Å²) in [6.07, 6.45) is 2.06. The number of hydrogen-bond donors (Lipinski definition) is 3. The van der Waals surface area contributed by atoms with E-state index in [2.05, 4.69) is 10.6 Å². The number of benzene rings is 2. The number of nitrogens with one attached hydrogen (secondary N) is 2. The highest BCUT2D eigenvalue weighted by atomic mass is 16.3. The van der Waals surface area contributed by atoms with Crippen molar-refractivity contribution in [2.75, 3.05) is 11.9 Å². The normalized spacial score (nSPS) is 18.5. The predicted molar refractivity (Wildman–Crippen MR) is 96.1 cm³/mol. The molecule has 2 aromatic rings. The molecule has 2 aromatic carbocycles. The first kappa shape index (κ1) is 17.2. The number of para-hydroxylation sites is 1. The number of carbonyl (C=O) groups is 2. The number of amides is 2. The Morgan fingerprint density at radius 1 is 1.08 bits per heavy atom. The van der Waals surface area contributed by atoms with Crippen molar-refractivity contribution in [2.45, 2.75) is 31.8 Å². The van der Waals surface area contributed by atoms with Crippen molar-refractivity contribution in [1.82, 2.24) is 5.32 Å². The second-order valence-corrected chi connectivity index (χ2v) is 6.34. The SMILES string of the molecule is CCc1ccccc1NC(=O)C(=O)NCC1(O)CCc2ccccc21. The van der Waals surface area contributed by atoms with Crippen molar-refractivity contribution in [3.05, 3.63) is 65.2 Å². The van der Waals surface area contributed by atoms with Gasteiger partial charge in [0.25, 0.3) is 0 Å². The van der Waals surface area contributed by atoms with Gasteiger partial charge >= 0.3 is 11.8 Å². The van der Waals surface area contributed by atoms with Gasteiger partial charge < -0.3 is 15.7 Å². The van der Waals surface area contributed by atoms with Crippen LogP contribution in [0.25, 0.3) is 0 Å². The molecule has 0 aliphatic heterocycles. The smallest absolute Gasteiger partial charge is 0.313 e. The van der Waals surface area contributed by atoms with E-state index < -0.39 is 17.4 Å². The predicted octanol–water partition coefficient (Wildman–Crippen LogP) is 2.14. The largest absolute Gasteiger partial charge is 0.383 e. The molecule has 130 valence electrons. The molecule has 0 spiro atoms. The van der Waals surface area contributed by atoms with E-state index in [0.29, 0.717) is 12.1 Å². The Bertz CT molecular complexity index is 803. The second-order valence-electron chi connectivity index (χ2n) is 6.34. The van der Waals surface area contributed by atoms with Crippen molar-refractivity contribution in [2.24, 2.45) is 0 Å². The summed E-state index contributed by atoms with van der Waals surface area (Å²) in [5, 5.41) is 16.0. The molecule has 1 aliphatic rings. The lowest BCUT2D eigenvalue weighted by Crippen LogP contribution is -2.43. The number of fused-ring (bicyclic) bond motifs is 1. The maximum atomic E-state index is 12.1. The zero-order valence-corrected chi connectivity index (χ0v) is 14.2. The number of rotatable bonds is 4.